The molecule has 0 rings (SSSR count). The van der Waals surface area contributed by atoms with E-state index in [2.05, 4.69) is 31.1 Å². The number of rotatable bonds is 9. The van der Waals surface area contributed by atoms with E-state index < -0.39 is 30.0 Å². The molecule has 1 unspecified atom stereocenters. The summed E-state index contributed by atoms with van der Waals surface area (Å²) < 4.78 is 4.63. The van der Waals surface area contributed by atoms with Crippen LogP contribution < -0.4 is 0 Å². The van der Waals surface area contributed by atoms with Gasteiger partial charge in [-0.05, 0) is 34.6 Å². The molecule has 0 aliphatic heterocycles. The highest BCUT2D eigenvalue weighted by Gasteiger charge is 1.91. The van der Waals surface area contributed by atoms with Gasteiger partial charge in [0.15, 0.2) is 0 Å². The van der Waals surface area contributed by atoms with Gasteiger partial charge >= 0.3 is 23.9 Å². The Bertz CT molecular complexity index is 517. The van der Waals surface area contributed by atoms with Crippen molar-refractivity contribution in [1.29, 1.82) is 0 Å². The van der Waals surface area contributed by atoms with Crippen molar-refractivity contribution in [3.8, 4) is 0 Å². The molecule has 0 radical (unpaired) electrons. The third kappa shape index (κ3) is 77.5. The maximum atomic E-state index is 9.60. The molecule has 0 aromatic heterocycles. The van der Waals surface area contributed by atoms with Gasteiger partial charge in [-0.15, -0.1) is 0 Å². The molecule has 0 fully saturated rings. The summed E-state index contributed by atoms with van der Waals surface area (Å²) >= 11 is 0. The maximum Gasteiger partial charge on any atom is 0.330 e. The normalized spacial score (nSPS) is 8.92. The van der Waals surface area contributed by atoms with Crippen LogP contribution in [0.5, 0.6) is 0 Å². The van der Waals surface area contributed by atoms with Crippen molar-refractivity contribution in [3.05, 3.63) is 48.6 Å². The first kappa shape index (κ1) is 46.0. The Morgan fingerprint density at radius 3 is 0.806 bits per heavy atom. The topological polar surface area (TPSA) is 239 Å². The molecule has 0 aromatic rings. The van der Waals surface area contributed by atoms with Crippen molar-refractivity contribution in [3.63, 3.8) is 0 Å². The molecule has 0 saturated heterocycles. The lowest BCUT2D eigenvalue weighted by atomic mass is 10.4. The summed E-state index contributed by atoms with van der Waals surface area (Å²) in [5.74, 6) is -3.74. The Balaban J connectivity index is -0.0000000752. The monoisotopic (exact) mass is 526 g/mol. The van der Waals surface area contributed by atoms with Crippen LogP contribution in [0.1, 0.15) is 34.6 Å². The fourth-order valence-electron chi connectivity index (χ4n) is 0.231. The summed E-state index contributed by atoms with van der Waals surface area (Å²) in [5, 5.41) is 63.7. The predicted octanol–water partition coefficient (Wildman–Crippen LogP) is 0.936. The van der Waals surface area contributed by atoms with Crippen LogP contribution in [0.3, 0.4) is 0 Å². The standard InChI is InChI=1S/C4H10O3.4C4H6O2.C3H8O2/c5-1-3-7-4-2-6;4*1-3(2)4(5)6;1-3(5)2-4/h5-6H,1-4H2;4*1H2,2H3,(H,5,6);3-5H,2H2,1H3. The first-order valence-electron chi connectivity index (χ1n) is 9.89. The van der Waals surface area contributed by atoms with Crippen molar-refractivity contribution in [1.82, 2.24) is 0 Å². The van der Waals surface area contributed by atoms with Gasteiger partial charge < -0.3 is 45.6 Å². The van der Waals surface area contributed by atoms with Crippen LogP contribution in [0, 0.1) is 0 Å². The molecule has 13 heteroatoms. The molecule has 13 nitrogen and oxygen atoms in total. The number of aliphatic hydroxyl groups is 4. The lowest BCUT2D eigenvalue weighted by Crippen LogP contribution is -2.03. The second kappa shape index (κ2) is 33.8. The maximum absolute atomic E-state index is 9.60. The number of aliphatic hydroxyl groups excluding tert-OH is 4. The second-order valence-corrected chi connectivity index (χ2v) is 6.43. The van der Waals surface area contributed by atoms with Crippen LogP contribution >= 0.6 is 0 Å². The fraction of sp³-hybridized carbons (Fsp3) is 0.478. The summed E-state index contributed by atoms with van der Waals surface area (Å²) in [7, 11) is 0. The van der Waals surface area contributed by atoms with Gasteiger partial charge in [0, 0.05) is 22.3 Å². The Labute approximate surface area is 211 Å². The molecule has 0 bridgehead atoms. The predicted molar refractivity (Wildman–Crippen MR) is 134 cm³/mol. The zero-order valence-corrected chi connectivity index (χ0v) is 21.6. The van der Waals surface area contributed by atoms with E-state index in [-0.39, 0.29) is 42.1 Å². The van der Waals surface area contributed by atoms with Crippen LogP contribution in [-0.2, 0) is 23.9 Å². The molecule has 0 aliphatic rings. The van der Waals surface area contributed by atoms with Crippen molar-refractivity contribution >= 4 is 23.9 Å². The number of hydrogen-bond acceptors (Lipinski definition) is 9. The van der Waals surface area contributed by atoms with E-state index in [1.807, 2.05) is 0 Å². The molecule has 1 atom stereocenters. The number of carboxylic acids is 4. The number of ether oxygens (including phenoxy) is 1. The van der Waals surface area contributed by atoms with Crippen LogP contribution in [0.15, 0.2) is 48.6 Å². The lowest BCUT2D eigenvalue weighted by Gasteiger charge is -1.94. The third-order valence-electron chi connectivity index (χ3n) is 2.20. The molecular formula is C23H42O13. The van der Waals surface area contributed by atoms with E-state index >= 15 is 0 Å². The van der Waals surface area contributed by atoms with Crippen LogP contribution in [0.25, 0.3) is 0 Å². The molecule has 0 heterocycles. The molecule has 36 heavy (non-hydrogen) atoms. The van der Waals surface area contributed by atoms with Gasteiger partial charge in [-0.1, -0.05) is 26.3 Å². The number of carbonyl (C=O) groups is 4. The second-order valence-electron chi connectivity index (χ2n) is 6.43. The van der Waals surface area contributed by atoms with E-state index in [1.165, 1.54) is 34.6 Å². The Kier molecular flexibility index (Phi) is 43.2. The molecule has 0 aliphatic carbocycles. The molecule has 0 saturated carbocycles. The SMILES string of the molecule is C=C(C)C(=O)O.C=C(C)C(=O)O.C=C(C)C(=O)O.C=C(C)C(=O)O.CC(O)CO.OCCOCCO. The van der Waals surface area contributed by atoms with E-state index in [4.69, 9.17) is 40.9 Å². The first-order valence-corrected chi connectivity index (χ1v) is 9.89. The molecule has 0 aromatic carbocycles. The number of hydrogen-bond donors (Lipinski definition) is 8. The smallest absolute Gasteiger partial charge is 0.330 e. The molecule has 8 N–H and O–H groups in total. The van der Waals surface area contributed by atoms with E-state index in [0.29, 0.717) is 13.2 Å². The Morgan fingerprint density at radius 2 is 0.750 bits per heavy atom. The summed E-state index contributed by atoms with van der Waals surface area (Å²) in [6.45, 7) is 20.5. The van der Waals surface area contributed by atoms with Crippen LogP contribution in [0.4, 0.5) is 0 Å². The van der Waals surface area contributed by atoms with Gasteiger partial charge in [0.05, 0.1) is 39.1 Å². The summed E-state index contributed by atoms with van der Waals surface area (Å²) in [4.78, 5) is 38.4. The van der Waals surface area contributed by atoms with Gasteiger partial charge in [-0.2, -0.15) is 0 Å². The van der Waals surface area contributed by atoms with Crippen molar-refractivity contribution in [2.24, 2.45) is 0 Å². The van der Waals surface area contributed by atoms with Crippen molar-refractivity contribution < 1.29 is 64.8 Å². The minimum Gasteiger partial charge on any atom is -0.478 e. The van der Waals surface area contributed by atoms with E-state index in [0.717, 1.165) is 0 Å². The van der Waals surface area contributed by atoms with Gasteiger partial charge in [-0.25, -0.2) is 19.2 Å². The Morgan fingerprint density at radius 1 is 0.611 bits per heavy atom. The molecular weight excluding hydrogens is 484 g/mol. The quantitative estimate of drug-likeness (QED) is 0.154. The van der Waals surface area contributed by atoms with Gasteiger partial charge in [-0.3, -0.25) is 0 Å². The van der Waals surface area contributed by atoms with Gasteiger partial charge in [0.2, 0.25) is 0 Å². The largest absolute Gasteiger partial charge is 0.478 e. The van der Waals surface area contributed by atoms with Gasteiger partial charge in [0.1, 0.15) is 0 Å². The van der Waals surface area contributed by atoms with Crippen LogP contribution in [-0.4, -0.2) is 104 Å². The van der Waals surface area contributed by atoms with E-state index in [9.17, 15) is 19.2 Å². The van der Waals surface area contributed by atoms with Crippen LogP contribution in [0.2, 0.25) is 0 Å². The lowest BCUT2D eigenvalue weighted by molar-refractivity contribution is -0.133. The van der Waals surface area contributed by atoms with Crippen molar-refractivity contribution in [2.75, 3.05) is 33.0 Å². The number of aliphatic carboxylic acids is 4. The third-order valence-corrected chi connectivity index (χ3v) is 2.20. The Hall–Kier alpha value is -3.36. The minimum absolute atomic E-state index is 0.0278. The zero-order valence-electron chi connectivity index (χ0n) is 21.6. The average Bonchev–Trinajstić information content (AvgIpc) is 2.76. The minimum atomic E-state index is -0.935. The van der Waals surface area contributed by atoms with Gasteiger partial charge in [0.25, 0.3) is 0 Å². The van der Waals surface area contributed by atoms with E-state index in [1.54, 1.807) is 0 Å². The zero-order chi connectivity index (χ0) is 30.4. The molecule has 0 spiro atoms. The molecule has 0 amide bonds. The summed E-state index contributed by atoms with van der Waals surface area (Å²) in [5.41, 5.74) is 0.704. The highest BCUT2D eigenvalue weighted by Crippen LogP contribution is 1.82. The summed E-state index contributed by atoms with van der Waals surface area (Å²) in [6, 6.07) is 0. The average molecular weight is 527 g/mol. The van der Waals surface area contributed by atoms with Crippen molar-refractivity contribution in [2.45, 2.75) is 40.7 Å². The first-order chi connectivity index (χ1) is 16.3. The number of carboxylic acid groups (broad SMARTS) is 4. The highest BCUT2D eigenvalue weighted by molar-refractivity contribution is 5.85. The fourth-order valence-corrected chi connectivity index (χ4v) is 0.231. The molecule has 212 valence electrons. The highest BCUT2D eigenvalue weighted by atomic mass is 16.5. The summed E-state index contributed by atoms with van der Waals surface area (Å²) in [6.07, 6.45) is -0.560.